The molecule has 3 amide bonds. The fraction of sp³-hybridized carbons (Fsp3) is 0.647. The predicted molar refractivity (Wildman–Crippen MR) is 91.9 cm³/mol. The van der Waals surface area contributed by atoms with Crippen LogP contribution < -0.4 is 10.2 Å². The van der Waals surface area contributed by atoms with E-state index < -0.39 is 5.54 Å². The number of amides is 3. The Labute approximate surface area is 147 Å². The van der Waals surface area contributed by atoms with Crippen molar-refractivity contribution >= 4 is 17.9 Å². The minimum Gasteiger partial charge on any atom is -0.338 e. The number of rotatable bonds is 3. The number of nitrogens with one attached hydrogen (secondary N) is 1. The lowest BCUT2D eigenvalue weighted by atomic mass is 9.82. The lowest BCUT2D eigenvalue weighted by Gasteiger charge is -2.36. The van der Waals surface area contributed by atoms with Gasteiger partial charge in [-0.05, 0) is 18.9 Å². The van der Waals surface area contributed by atoms with Crippen LogP contribution in [-0.4, -0.2) is 70.1 Å². The molecule has 1 saturated carbocycles. The third-order valence-corrected chi connectivity index (χ3v) is 5.50. The average Bonchev–Trinajstić information content (AvgIpc) is 2.88. The third-order valence-electron chi connectivity index (χ3n) is 5.50. The van der Waals surface area contributed by atoms with Crippen LogP contribution in [0.25, 0.3) is 0 Å². The Kier molecular flexibility index (Phi) is 4.29. The minimum absolute atomic E-state index is 0.0361. The van der Waals surface area contributed by atoms with E-state index in [1.54, 1.807) is 18.5 Å². The summed E-state index contributed by atoms with van der Waals surface area (Å²) in [4.78, 5) is 39.4. The Bertz CT molecular complexity index is 638. The normalized spacial score (nSPS) is 24.0. The lowest BCUT2D eigenvalue weighted by Crippen LogP contribution is -2.52. The van der Waals surface area contributed by atoms with Gasteiger partial charge in [-0.2, -0.15) is 0 Å². The molecule has 1 aromatic rings. The summed E-state index contributed by atoms with van der Waals surface area (Å²) in [5, 5.41) is 2.97. The van der Waals surface area contributed by atoms with Crippen molar-refractivity contribution in [3.63, 3.8) is 0 Å². The molecule has 25 heavy (non-hydrogen) atoms. The molecule has 2 saturated heterocycles. The number of hydrogen-bond acceptors (Lipinski definition) is 6. The minimum atomic E-state index is -0.630. The highest BCUT2D eigenvalue weighted by molar-refractivity contribution is 6.07. The Morgan fingerprint density at radius 1 is 1.00 bits per heavy atom. The van der Waals surface area contributed by atoms with Gasteiger partial charge in [0.15, 0.2) is 0 Å². The highest BCUT2D eigenvalue weighted by Crippen LogP contribution is 2.33. The van der Waals surface area contributed by atoms with E-state index in [0.717, 1.165) is 64.2 Å². The number of aromatic nitrogens is 2. The van der Waals surface area contributed by atoms with Crippen molar-refractivity contribution in [1.29, 1.82) is 0 Å². The highest BCUT2D eigenvalue weighted by atomic mass is 16.2. The first-order valence-corrected chi connectivity index (χ1v) is 9.06. The largest absolute Gasteiger partial charge is 0.338 e. The van der Waals surface area contributed by atoms with Gasteiger partial charge in [-0.1, -0.05) is 19.3 Å². The van der Waals surface area contributed by atoms with E-state index in [1.165, 1.54) is 4.90 Å². The van der Waals surface area contributed by atoms with Gasteiger partial charge in [-0.25, -0.2) is 19.7 Å². The first-order chi connectivity index (χ1) is 12.2. The first-order valence-electron chi connectivity index (χ1n) is 9.06. The Morgan fingerprint density at radius 2 is 1.68 bits per heavy atom. The van der Waals surface area contributed by atoms with E-state index in [0.29, 0.717) is 6.67 Å². The maximum Gasteiger partial charge on any atom is 0.326 e. The Morgan fingerprint density at radius 3 is 2.36 bits per heavy atom. The van der Waals surface area contributed by atoms with Crippen LogP contribution in [0, 0.1) is 0 Å². The summed E-state index contributed by atoms with van der Waals surface area (Å²) in [7, 11) is 0. The summed E-state index contributed by atoms with van der Waals surface area (Å²) in [6.07, 6.45) is 8.19. The van der Waals surface area contributed by atoms with E-state index in [-0.39, 0.29) is 11.9 Å². The SMILES string of the molecule is O=C1NC2(CCCCC2)C(=O)N1CN1CCN(c2ncccn2)CC1. The number of anilines is 1. The number of carbonyl (C=O) groups is 2. The smallest absolute Gasteiger partial charge is 0.326 e. The van der Waals surface area contributed by atoms with Crippen LogP contribution in [-0.2, 0) is 4.79 Å². The molecule has 3 heterocycles. The molecule has 1 aromatic heterocycles. The third kappa shape index (κ3) is 3.06. The topological polar surface area (TPSA) is 81.7 Å². The zero-order chi connectivity index (χ0) is 17.3. The van der Waals surface area contributed by atoms with Crippen LogP contribution in [0.15, 0.2) is 18.5 Å². The van der Waals surface area contributed by atoms with E-state index >= 15 is 0 Å². The van der Waals surface area contributed by atoms with E-state index in [2.05, 4.69) is 25.1 Å². The monoisotopic (exact) mass is 344 g/mol. The van der Waals surface area contributed by atoms with Crippen molar-refractivity contribution in [3.05, 3.63) is 18.5 Å². The number of hydrogen-bond donors (Lipinski definition) is 1. The molecule has 1 aliphatic carbocycles. The van der Waals surface area contributed by atoms with Crippen molar-refractivity contribution in [2.45, 2.75) is 37.6 Å². The second kappa shape index (κ2) is 6.59. The number of nitrogens with zero attached hydrogens (tertiary/aromatic N) is 5. The van der Waals surface area contributed by atoms with E-state index in [1.807, 2.05) is 0 Å². The fourth-order valence-electron chi connectivity index (χ4n) is 4.04. The van der Waals surface area contributed by atoms with Gasteiger partial charge in [0.05, 0.1) is 6.67 Å². The van der Waals surface area contributed by atoms with Crippen molar-refractivity contribution in [3.8, 4) is 0 Å². The van der Waals surface area contributed by atoms with E-state index in [9.17, 15) is 9.59 Å². The van der Waals surface area contributed by atoms with Crippen LogP contribution in [0.2, 0.25) is 0 Å². The van der Waals surface area contributed by atoms with Crippen molar-refractivity contribution < 1.29 is 9.59 Å². The zero-order valence-corrected chi connectivity index (χ0v) is 14.4. The first kappa shape index (κ1) is 16.3. The van der Waals surface area contributed by atoms with Crippen LogP contribution in [0.3, 0.4) is 0 Å². The molecule has 134 valence electrons. The molecule has 0 aromatic carbocycles. The van der Waals surface area contributed by atoms with Crippen LogP contribution >= 0.6 is 0 Å². The second-order valence-corrected chi connectivity index (χ2v) is 7.10. The maximum absolute atomic E-state index is 12.8. The Hall–Kier alpha value is -2.22. The molecule has 0 unspecified atom stereocenters. The lowest BCUT2D eigenvalue weighted by molar-refractivity contribution is -0.133. The molecule has 2 aliphatic heterocycles. The van der Waals surface area contributed by atoms with Crippen molar-refractivity contribution in [1.82, 2.24) is 25.1 Å². The summed E-state index contributed by atoms with van der Waals surface area (Å²) in [6.45, 7) is 3.51. The van der Waals surface area contributed by atoms with Gasteiger partial charge in [0.1, 0.15) is 5.54 Å². The highest BCUT2D eigenvalue weighted by Gasteiger charge is 2.51. The van der Waals surface area contributed by atoms with Gasteiger partial charge < -0.3 is 10.2 Å². The maximum atomic E-state index is 12.8. The molecular formula is C17H24N6O2. The van der Waals surface area contributed by atoms with Crippen molar-refractivity contribution in [2.24, 2.45) is 0 Å². The fourth-order valence-corrected chi connectivity index (χ4v) is 4.04. The van der Waals surface area contributed by atoms with Gasteiger partial charge in [0.2, 0.25) is 5.95 Å². The summed E-state index contributed by atoms with van der Waals surface area (Å²) in [6, 6.07) is 1.57. The summed E-state index contributed by atoms with van der Waals surface area (Å²) in [5.41, 5.74) is -0.630. The molecule has 8 nitrogen and oxygen atoms in total. The molecule has 8 heteroatoms. The molecular weight excluding hydrogens is 320 g/mol. The van der Waals surface area contributed by atoms with E-state index in [4.69, 9.17) is 0 Å². The molecule has 4 rings (SSSR count). The number of carbonyl (C=O) groups excluding carboxylic acids is 2. The summed E-state index contributed by atoms with van der Waals surface area (Å²) >= 11 is 0. The number of piperazine rings is 1. The quantitative estimate of drug-likeness (QED) is 0.817. The Balaban J connectivity index is 1.35. The predicted octanol–water partition coefficient (Wildman–Crippen LogP) is 0.811. The van der Waals surface area contributed by atoms with Crippen molar-refractivity contribution in [2.75, 3.05) is 37.7 Å². The zero-order valence-electron chi connectivity index (χ0n) is 14.4. The number of urea groups is 1. The molecule has 0 bridgehead atoms. The molecule has 1 spiro atoms. The summed E-state index contributed by atoms with van der Waals surface area (Å²) < 4.78 is 0. The van der Waals surface area contributed by atoms with Gasteiger partial charge in [0.25, 0.3) is 5.91 Å². The van der Waals surface area contributed by atoms with Crippen LogP contribution in [0.4, 0.5) is 10.7 Å². The second-order valence-electron chi connectivity index (χ2n) is 7.10. The average molecular weight is 344 g/mol. The van der Waals surface area contributed by atoms with Gasteiger partial charge >= 0.3 is 6.03 Å². The number of imide groups is 1. The van der Waals surface area contributed by atoms with Gasteiger partial charge in [-0.3, -0.25) is 9.69 Å². The molecule has 3 fully saturated rings. The van der Waals surface area contributed by atoms with Gasteiger partial charge in [0, 0.05) is 38.6 Å². The molecule has 0 radical (unpaired) electrons. The molecule has 3 aliphatic rings. The molecule has 0 atom stereocenters. The van der Waals surface area contributed by atoms with Gasteiger partial charge in [-0.15, -0.1) is 0 Å². The molecule has 1 N–H and O–H groups in total. The summed E-state index contributed by atoms with van der Waals surface area (Å²) in [5.74, 6) is 0.698. The van der Waals surface area contributed by atoms with Crippen LogP contribution in [0.5, 0.6) is 0 Å². The van der Waals surface area contributed by atoms with Crippen LogP contribution in [0.1, 0.15) is 32.1 Å². The standard InChI is InChI=1S/C17H24N6O2/c24-14-17(5-2-1-3-6-17)20-16(25)23(14)13-21-9-11-22(12-10-21)15-18-7-4-8-19-15/h4,7-8H,1-3,5-6,9-13H2,(H,20,25).